The van der Waals surface area contributed by atoms with Crippen molar-refractivity contribution in [3.8, 4) is 0 Å². The van der Waals surface area contributed by atoms with E-state index in [0.29, 0.717) is 11.3 Å². The number of hydrogen-bond donors (Lipinski definition) is 2. The summed E-state index contributed by atoms with van der Waals surface area (Å²) < 4.78 is 18.9. The number of halogens is 1. The maximum Gasteiger partial charge on any atom is 0.343 e. The Bertz CT molecular complexity index is 880. The van der Waals surface area contributed by atoms with Gasteiger partial charge in [0.05, 0.1) is 6.61 Å². The maximum atomic E-state index is 13.9. The van der Waals surface area contributed by atoms with Gasteiger partial charge in [-0.25, -0.2) is 9.18 Å². The lowest BCUT2D eigenvalue weighted by molar-refractivity contribution is -0.163. The van der Waals surface area contributed by atoms with E-state index in [9.17, 15) is 19.1 Å². The van der Waals surface area contributed by atoms with Crippen LogP contribution in [0.2, 0.25) is 0 Å². The number of aliphatic hydroxyl groups is 1. The minimum absolute atomic E-state index is 0.0324. The van der Waals surface area contributed by atoms with Crippen LogP contribution in [-0.2, 0) is 14.3 Å². The summed E-state index contributed by atoms with van der Waals surface area (Å²) in [4.78, 5) is 25.0. The zero-order valence-corrected chi connectivity index (χ0v) is 14.1. The molecule has 0 saturated heterocycles. The number of anilines is 1. The molecular formula is C20H18FNO4. The molecule has 6 heteroatoms. The van der Waals surface area contributed by atoms with Gasteiger partial charge in [0.25, 0.3) is 0 Å². The van der Waals surface area contributed by atoms with Gasteiger partial charge in [0, 0.05) is 11.3 Å². The monoisotopic (exact) mass is 355 g/mol. The minimum atomic E-state index is -2.27. The number of hydrogen-bond acceptors (Lipinski definition) is 4. The van der Waals surface area contributed by atoms with E-state index in [1.807, 2.05) is 0 Å². The molecule has 134 valence electrons. The van der Waals surface area contributed by atoms with Crippen LogP contribution in [0.5, 0.6) is 0 Å². The third-order valence-electron chi connectivity index (χ3n) is 4.26. The molecule has 2 aromatic carbocycles. The molecule has 0 aromatic heterocycles. The third-order valence-corrected chi connectivity index (χ3v) is 4.26. The summed E-state index contributed by atoms with van der Waals surface area (Å²) in [7, 11) is 0. The number of ether oxygens (including phenoxy) is 1. The number of fused-ring (bicyclic) bond motifs is 1. The molecule has 1 heterocycles. The summed E-state index contributed by atoms with van der Waals surface area (Å²) in [5.74, 6) is -3.20. The third kappa shape index (κ3) is 3.11. The first kappa shape index (κ1) is 17.8. The average Bonchev–Trinajstić information content (AvgIpc) is 2.97. The van der Waals surface area contributed by atoms with Gasteiger partial charge in [-0.2, -0.15) is 0 Å². The Morgan fingerprint density at radius 3 is 2.69 bits per heavy atom. The number of carbonyl (C=O) groups is 2. The second-order valence-electron chi connectivity index (χ2n) is 5.91. The molecule has 0 saturated carbocycles. The van der Waals surface area contributed by atoms with Crippen molar-refractivity contribution in [1.29, 1.82) is 0 Å². The molecule has 1 amide bonds. The normalized spacial score (nSPS) is 18.3. The zero-order valence-electron chi connectivity index (χ0n) is 14.1. The van der Waals surface area contributed by atoms with Gasteiger partial charge in [0.2, 0.25) is 5.91 Å². The van der Waals surface area contributed by atoms with Crippen molar-refractivity contribution in [3.05, 3.63) is 71.6 Å². The summed E-state index contributed by atoms with van der Waals surface area (Å²) in [5.41, 5.74) is -1.09. The van der Waals surface area contributed by atoms with Crippen LogP contribution in [0, 0.1) is 5.82 Å². The Morgan fingerprint density at radius 1 is 1.27 bits per heavy atom. The fourth-order valence-electron chi connectivity index (χ4n) is 3.00. The molecule has 0 spiro atoms. The van der Waals surface area contributed by atoms with Crippen LogP contribution < -0.4 is 5.32 Å². The molecule has 1 aliphatic rings. The van der Waals surface area contributed by atoms with E-state index >= 15 is 0 Å². The van der Waals surface area contributed by atoms with Crippen molar-refractivity contribution in [2.75, 3.05) is 11.9 Å². The first-order chi connectivity index (χ1) is 12.5. The van der Waals surface area contributed by atoms with Crippen LogP contribution >= 0.6 is 0 Å². The molecule has 3 rings (SSSR count). The largest absolute Gasteiger partial charge is 0.464 e. The van der Waals surface area contributed by atoms with Gasteiger partial charge in [-0.15, -0.1) is 0 Å². The maximum absolute atomic E-state index is 13.9. The number of benzene rings is 2. The smallest absolute Gasteiger partial charge is 0.343 e. The Labute approximate surface area is 150 Å². The standard InChI is InChI=1S/C20H18FNO4/c1-2-26-19(24)20(25,12-11-13-7-3-5-9-15(13)21)17-14-8-4-6-10-16(14)22-18(17)23/h3-12,17,25H,2H2,1H3,(H,22,23)/b12-11+. The Morgan fingerprint density at radius 2 is 1.96 bits per heavy atom. The summed E-state index contributed by atoms with van der Waals surface area (Å²) in [6.45, 7) is 1.63. The fraction of sp³-hybridized carbons (Fsp3) is 0.200. The molecule has 1 aliphatic heterocycles. The number of amides is 1. The van der Waals surface area contributed by atoms with Gasteiger partial charge in [0.15, 0.2) is 5.60 Å². The van der Waals surface area contributed by atoms with Crippen LogP contribution in [0.4, 0.5) is 10.1 Å². The highest BCUT2D eigenvalue weighted by Gasteiger charge is 2.51. The van der Waals surface area contributed by atoms with Crippen molar-refractivity contribution in [3.63, 3.8) is 0 Å². The van der Waals surface area contributed by atoms with Crippen molar-refractivity contribution < 1.29 is 23.8 Å². The van der Waals surface area contributed by atoms with E-state index in [1.165, 1.54) is 24.3 Å². The van der Waals surface area contributed by atoms with Gasteiger partial charge in [0.1, 0.15) is 11.7 Å². The summed E-state index contributed by atoms with van der Waals surface area (Å²) >= 11 is 0. The molecule has 26 heavy (non-hydrogen) atoms. The average molecular weight is 355 g/mol. The van der Waals surface area contributed by atoms with Crippen molar-refractivity contribution in [2.24, 2.45) is 0 Å². The quantitative estimate of drug-likeness (QED) is 0.809. The van der Waals surface area contributed by atoms with Crippen LogP contribution in [0.3, 0.4) is 0 Å². The number of esters is 1. The number of para-hydroxylation sites is 1. The molecule has 5 nitrogen and oxygen atoms in total. The van der Waals surface area contributed by atoms with E-state index in [4.69, 9.17) is 4.74 Å². The molecule has 0 radical (unpaired) electrons. The Kier molecular flexibility index (Phi) is 4.86. The minimum Gasteiger partial charge on any atom is -0.464 e. The SMILES string of the molecule is CCOC(=O)C(O)(/C=C/c1ccccc1F)C1C(=O)Nc2ccccc21. The summed E-state index contributed by atoms with van der Waals surface area (Å²) in [6, 6.07) is 12.7. The molecule has 0 bridgehead atoms. The lowest BCUT2D eigenvalue weighted by Crippen LogP contribution is -2.46. The number of carbonyl (C=O) groups excluding carboxylic acids is 2. The molecule has 2 atom stereocenters. The lowest BCUT2D eigenvalue weighted by Gasteiger charge is -2.27. The van der Waals surface area contributed by atoms with Crippen molar-refractivity contribution in [1.82, 2.24) is 0 Å². The highest BCUT2D eigenvalue weighted by atomic mass is 19.1. The van der Waals surface area contributed by atoms with E-state index in [1.54, 1.807) is 37.3 Å². The molecule has 2 N–H and O–H groups in total. The highest BCUT2D eigenvalue weighted by Crippen LogP contribution is 2.41. The first-order valence-corrected chi connectivity index (χ1v) is 8.20. The van der Waals surface area contributed by atoms with Crippen LogP contribution in [0.15, 0.2) is 54.6 Å². The van der Waals surface area contributed by atoms with Gasteiger partial charge in [-0.3, -0.25) is 4.79 Å². The Balaban J connectivity index is 2.07. The van der Waals surface area contributed by atoms with Crippen molar-refractivity contribution >= 4 is 23.6 Å². The first-order valence-electron chi connectivity index (χ1n) is 8.20. The predicted octanol–water partition coefficient (Wildman–Crippen LogP) is 2.87. The summed E-state index contributed by atoms with van der Waals surface area (Å²) in [5, 5.41) is 13.8. The molecule has 0 fully saturated rings. The van der Waals surface area contributed by atoms with Crippen LogP contribution in [0.25, 0.3) is 6.08 Å². The predicted molar refractivity (Wildman–Crippen MR) is 94.8 cm³/mol. The van der Waals surface area contributed by atoms with E-state index in [0.717, 1.165) is 6.08 Å². The highest BCUT2D eigenvalue weighted by molar-refractivity contribution is 6.07. The molecular weight excluding hydrogens is 337 g/mol. The second-order valence-corrected chi connectivity index (χ2v) is 5.91. The van der Waals surface area contributed by atoms with Gasteiger partial charge < -0.3 is 15.2 Å². The Hall–Kier alpha value is -2.99. The van der Waals surface area contributed by atoms with E-state index < -0.39 is 29.2 Å². The zero-order chi connectivity index (χ0) is 18.7. The molecule has 0 aliphatic carbocycles. The van der Waals surface area contributed by atoms with Crippen molar-refractivity contribution in [2.45, 2.75) is 18.4 Å². The topological polar surface area (TPSA) is 75.6 Å². The van der Waals surface area contributed by atoms with Gasteiger partial charge in [-0.05, 0) is 30.7 Å². The lowest BCUT2D eigenvalue weighted by atomic mass is 9.82. The van der Waals surface area contributed by atoms with E-state index in [2.05, 4.69) is 5.32 Å². The number of nitrogens with one attached hydrogen (secondary N) is 1. The van der Waals surface area contributed by atoms with Crippen LogP contribution in [0.1, 0.15) is 24.0 Å². The number of rotatable bonds is 5. The van der Waals surface area contributed by atoms with Gasteiger partial charge in [-0.1, -0.05) is 42.5 Å². The summed E-state index contributed by atoms with van der Waals surface area (Å²) in [6.07, 6.45) is 2.40. The van der Waals surface area contributed by atoms with Crippen LogP contribution in [-0.4, -0.2) is 29.2 Å². The fourth-order valence-corrected chi connectivity index (χ4v) is 3.00. The van der Waals surface area contributed by atoms with E-state index in [-0.39, 0.29) is 12.2 Å². The second kappa shape index (κ2) is 7.09. The molecule has 2 aromatic rings. The van der Waals surface area contributed by atoms with Gasteiger partial charge >= 0.3 is 5.97 Å². The molecule has 2 unspecified atom stereocenters.